The quantitative estimate of drug-likeness (QED) is 0.124. The summed E-state index contributed by atoms with van der Waals surface area (Å²) in [5, 5.41) is 2.30. The smallest absolute Gasteiger partial charge is 0.870 e. The SMILES string of the molecule is Cn1c2cnc(-c3cccnc3)cc2c2c(-c3ccc(NS(=O)(=O)C4CC4)cc3)c(F)cnc21.O=S(=O)(Nc1ccc(-c2c(F)cnc3[nH]c4cnc(-c5cccnc5)cc4c23)cc1)C1CC1.[Li+].[OH-]. The van der Waals surface area contributed by atoms with Crippen molar-refractivity contribution in [3.05, 3.63) is 146 Å². The normalized spacial score (nSPS) is 13.7. The van der Waals surface area contributed by atoms with Crippen molar-refractivity contribution < 1.29 is 50.0 Å². The van der Waals surface area contributed by atoms with Crippen molar-refractivity contribution in [1.29, 1.82) is 0 Å². The average Bonchev–Trinajstić information content (AvgIpc) is 4.29. The Balaban J connectivity index is 0.000000167. The molecule has 0 aliphatic heterocycles. The molecule has 0 bridgehead atoms. The number of anilines is 2. The predicted octanol–water partition coefficient (Wildman–Crippen LogP) is 6.60. The number of aryl methyl sites for hydroxylation is 1. The van der Waals surface area contributed by atoms with Crippen LogP contribution in [-0.2, 0) is 27.1 Å². The van der Waals surface area contributed by atoms with Gasteiger partial charge in [-0.25, -0.2) is 35.6 Å². The number of rotatable bonds is 10. The number of nitrogens with zero attached hydrogens (tertiary/aromatic N) is 7. The summed E-state index contributed by atoms with van der Waals surface area (Å²) in [6.45, 7) is 0. The third-order valence-electron chi connectivity index (χ3n) is 12.0. The van der Waals surface area contributed by atoms with E-state index in [0.29, 0.717) is 81.4 Å². The molecule has 0 saturated heterocycles. The molecule has 0 amide bonds. The Hall–Kier alpha value is -7.14. The summed E-state index contributed by atoms with van der Waals surface area (Å²) in [4.78, 5) is 29.2. The van der Waals surface area contributed by atoms with Gasteiger partial charge in [-0.1, -0.05) is 24.3 Å². The van der Waals surface area contributed by atoms with Gasteiger partial charge in [-0.3, -0.25) is 29.4 Å². The van der Waals surface area contributed by atoms with Crippen LogP contribution in [0.2, 0.25) is 0 Å². The van der Waals surface area contributed by atoms with Crippen LogP contribution in [-0.4, -0.2) is 72.3 Å². The Morgan fingerprint density at radius 3 is 1.59 bits per heavy atom. The minimum Gasteiger partial charge on any atom is -0.870 e. The second kappa shape index (κ2) is 18.4. The molecule has 2 saturated carbocycles. The number of nitrogens with one attached hydrogen (secondary N) is 3. The molecule has 0 spiro atoms. The number of hydrogen-bond acceptors (Lipinski definition) is 11. The van der Waals surface area contributed by atoms with Crippen molar-refractivity contribution in [2.75, 3.05) is 9.44 Å². The first kappa shape index (κ1) is 46.9. The Morgan fingerprint density at radius 2 is 1.09 bits per heavy atom. The molecule has 15 nitrogen and oxygen atoms in total. The van der Waals surface area contributed by atoms with Crippen LogP contribution in [0.4, 0.5) is 20.2 Å². The van der Waals surface area contributed by atoms with Crippen LogP contribution in [0.15, 0.2) is 135 Å². The van der Waals surface area contributed by atoms with Crippen molar-refractivity contribution >= 4 is 75.3 Å². The number of H-pyrrole nitrogens is 1. The van der Waals surface area contributed by atoms with E-state index in [1.807, 2.05) is 48.0 Å². The minimum absolute atomic E-state index is 0. The van der Waals surface area contributed by atoms with Gasteiger partial charge in [0.15, 0.2) is 0 Å². The molecule has 8 heterocycles. The van der Waals surface area contributed by atoms with E-state index >= 15 is 8.78 Å². The summed E-state index contributed by atoms with van der Waals surface area (Å²) in [5.41, 5.74) is 8.89. The molecular formula is C49H39F2LiN10O5S2. The van der Waals surface area contributed by atoms with Gasteiger partial charge in [0.2, 0.25) is 20.0 Å². The van der Waals surface area contributed by atoms with Crippen LogP contribution in [0.3, 0.4) is 0 Å². The molecule has 69 heavy (non-hydrogen) atoms. The molecule has 0 unspecified atom stereocenters. The van der Waals surface area contributed by atoms with Crippen LogP contribution in [0, 0.1) is 11.6 Å². The molecule has 0 atom stereocenters. The topological polar surface area (TPSA) is 220 Å². The third kappa shape index (κ3) is 9.02. The van der Waals surface area contributed by atoms with E-state index in [2.05, 4.69) is 44.3 Å². The standard InChI is InChI=1S/C25H20FN5O2S.C24H18FN5O2S.Li.H2O/c1-31-22-14-28-21(16-3-2-10-27-12-16)11-19(22)24-23(20(26)13-29-25(24)31)15-4-6-17(7-5-15)30-34(32,33)18-8-9-18;25-19-12-28-24-23(18-10-20(27-13-21(18)29-24)15-2-1-9-26-11-15)22(19)14-3-5-16(6-4-14)30-33(31,32)17-7-8-17;;/h2-7,10-14,18,30H,8-9H2,1H3;1-6,9-13,17,30H,7-8H2,(H,28,29);;1H2/q;;+1;/p-1. The molecule has 0 radical (unpaired) electrons. The van der Waals surface area contributed by atoms with Gasteiger partial charge in [0.1, 0.15) is 22.9 Å². The molecule has 342 valence electrons. The molecule has 2 aliphatic carbocycles. The summed E-state index contributed by atoms with van der Waals surface area (Å²) in [5.74, 6) is -0.916. The Bertz CT molecular complexity index is 3780. The molecular weight excluding hydrogens is 918 g/mol. The van der Waals surface area contributed by atoms with Crippen LogP contribution in [0.1, 0.15) is 25.7 Å². The molecule has 2 fully saturated rings. The zero-order valence-electron chi connectivity index (χ0n) is 37.0. The molecule has 20 heteroatoms. The minimum atomic E-state index is -3.37. The number of sulfonamides is 2. The zero-order chi connectivity index (χ0) is 46.0. The number of aromatic amines is 1. The van der Waals surface area contributed by atoms with Gasteiger partial charge >= 0.3 is 18.9 Å². The Morgan fingerprint density at radius 1 is 0.594 bits per heavy atom. The van der Waals surface area contributed by atoms with Crippen LogP contribution < -0.4 is 28.3 Å². The van der Waals surface area contributed by atoms with Gasteiger partial charge in [-0.15, -0.1) is 0 Å². The van der Waals surface area contributed by atoms with Crippen molar-refractivity contribution in [3.63, 3.8) is 0 Å². The average molecular weight is 957 g/mol. The fraction of sp³-hybridized carbons (Fsp3) is 0.143. The summed E-state index contributed by atoms with van der Waals surface area (Å²) >= 11 is 0. The summed E-state index contributed by atoms with van der Waals surface area (Å²) in [7, 11) is -4.85. The van der Waals surface area contributed by atoms with Crippen molar-refractivity contribution in [2.24, 2.45) is 7.05 Å². The first-order valence-electron chi connectivity index (χ1n) is 21.4. The summed E-state index contributed by atoms with van der Waals surface area (Å²) in [6, 6.07) is 24.8. The Kier molecular flexibility index (Phi) is 12.5. The number of hydrogen-bond donors (Lipinski definition) is 3. The third-order valence-corrected chi connectivity index (χ3v) is 15.7. The predicted molar refractivity (Wildman–Crippen MR) is 258 cm³/mol. The molecule has 10 aromatic rings. The second-order valence-corrected chi connectivity index (χ2v) is 20.5. The van der Waals surface area contributed by atoms with E-state index in [-0.39, 0.29) is 34.8 Å². The van der Waals surface area contributed by atoms with E-state index in [9.17, 15) is 16.8 Å². The van der Waals surface area contributed by atoms with E-state index in [0.717, 1.165) is 44.3 Å². The number of pyridine rings is 6. The van der Waals surface area contributed by atoms with E-state index in [1.165, 1.54) is 12.4 Å². The van der Waals surface area contributed by atoms with E-state index in [1.54, 1.807) is 85.7 Å². The van der Waals surface area contributed by atoms with Gasteiger partial charge in [0.25, 0.3) is 0 Å². The molecule has 12 rings (SSSR count). The van der Waals surface area contributed by atoms with Crippen molar-refractivity contribution in [3.8, 4) is 44.8 Å². The number of fused-ring (bicyclic) bond motifs is 6. The number of aromatic nitrogens is 8. The van der Waals surface area contributed by atoms with Gasteiger partial charge < -0.3 is 15.0 Å². The fourth-order valence-electron chi connectivity index (χ4n) is 8.32. The van der Waals surface area contributed by atoms with Crippen molar-refractivity contribution in [1.82, 2.24) is 39.5 Å². The van der Waals surface area contributed by atoms with Gasteiger partial charge in [-0.05, 0) is 97.5 Å². The Labute approximate surface area is 406 Å². The second-order valence-electron chi connectivity index (χ2n) is 16.6. The summed E-state index contributed by atoms with van der Waals surface area (Å²) in [6.07, 6.45) is 15.5. The number of halogens is 2. The molecule has 2 aliphatic rings. The maximum Gasteiger partial charge on any atom is 1.00 e. The zero-order valence-corrected chi connectivity index (χ0v) is 38.6. The van der Waals surface area contributed by atoms with E-state index < -0.39 is 31.7 Å². The van der Waals surface area contributed by atoms with Crippen LogP contribution in [0.5, 0.6) is 0 Å². The first-order valence-corrected chi connectivity index (χ1v) is 24.4. The monoisotopic (exact) mass is 956 g/mol. The fourth-order valence-corrected chi connectivity index (χ4v) is 11.1. The van der Waals surface area contributed by atoms with Crippen LogP contribution >= 0.6 is 0 Å². The van der Waals surface area contributed by atoms with Gasteiger partial charge in [-0.2, -0.15) is 0 Å². The maximum atomic E-state index is 15.2. The molecule has 4 N–H and O–H groups in total. The van der Waals surface area contributed by atoms with Crippen LogP contribution in [0.25, 0.3) is 88.6 Å². The maximum absolute atomic E-state index is 15.2. The molecule has 8 aromatic heterocycles. The largest absolute Gasteiger partial charge is 1.00 e. The van der Waals surface area contributed by atoms with Gasteiger partial charge in [0.05, 0.1) is 57.7 Å². The van der Waals surface area contributed by atoms with Crippen molar-refractivity contribution in [2.45, 2.75) is 36.2 Å². The molecule has 2 aromatic carbocycles. The summed E-state index contributed by atoms with van der Waals surface area (Å²) < 4.78 is 86.4. The first-order chi connectivity index (χ1) is 32.4. The van der Waals surface area contributed by atoms with Gasteiger partial charge in [0, 0.05) is 87.0 Å². The van der Waals surface area contributed by atoms with E-state index in [4.69, 9.17) is 0 Å². The number of benzene rings is 2.